The van der Waals surface area contributed by atoms with Crippen molar-refractivity contribution in [1.29, 1.82) is 0 Å². The van der Waals surface area contributed by atoms with E-state index in [4.69, 9.17) is 11.6 Å². The summed E-state index contributed by atoms with van der Waals surface area (Å²) in [5.41, 5.74) is 1.60. The lowest BCUT2D eigenvalue weighted by molar-refractivity contribution is -0.124. The Labute approximate surface area is 150 Å². The number of anilines is 1. The number of piperidine rings is 1. The SMILES string of the molecule is CC1(C)C(=O)N([C@]2(C)C[C@H](N3CCCCC3)C2)c2cc(Cl)ccc21. The number of carbonyl (C=O) groups excluding carboxylic acids is 1. The van der Waals surface area contributed by atoms with Crippen molar-refractivity contribution in [2.24, 2.45) is 0 Å². The lowest BCUT2D eigenvalue weighted by atomic mass is 9.71. The van der Waals surface area contributed by atoms with Crippen molar-refractivity contribution in [1.82, 2.24) is 4.90 Å². The summed E-state index contributed by atoms with van der Waals surface area (Å²) in [5.74, 6) is 0.222. The molecule has 0 N–H and O–H groups in total. The van der Waals surface area contributed by atoms with Crippen molar-refractivity contribution < 1.29 is 4.79 Å². The second kappa shape index (κ2) is 5.47. The largest absolute Gasteiger partial charge is 0.305 e. The molecule has 0 aromatic heterocycles. The van der Waals surface area contributed by atoms with Crippen LogP contribution in [0.25, 0.3) is 0 Å². The fourth-order valence-corrected chi connectivity index (χ4v) is 5.10. The van der Waals surface area contributed by atoms with Crippen LogP contribution in [0.4, 0.5) is 5.69 Å². The van der Waals surface area contributed by atoms with Gasteiger partial charge in [0.05, 0.1) is 11.1 Å². The third-order valence-corrected chi connectivity index (χ3v) is 6.64. The van der Waals surface area contributed by atoms with Crippen LogP contribution in [0.15, 0.2) is 18.2 Å². The molecule has 1 amide bonds. The zero-order valence-corrected chi connectivity index (χ0v) is 15.7. The molecule has 2 fully saturated rings. The predicted octanol–water partition coefficient (Wildman–Crippen LogP) is 4.37. The highest BCUT2D eigenvalue weighted by Crippen LogP contribution is 2.51. The Kier molecular flexibility index (Phi) is 3.74. The van der Waals surface area contributed by atoms with Gasteiger partial charge in [0, 0.05) is 16.6 Å². The monoisotopic (exact) mass is 346 g/mol. The van der Waals surface area contributed by atoms with E-state index in [0.717, 1.165) is 24.1 Å². The van der Waals surface area contributed by atoms with Gasteiger partial charge in [-0.15, -0.1) is 0 Å². The minimum absolute atomic E-state index is 0.0770. The minimum Gasteiger partial charge on any atom is -0.305 e. The average Bonchev–Trinajstić information content (AvgIpc) is 2.72. The van der Waals surface area contributed by atoms with Crippen LogP contribution in [0, 0.1) is 0 Å². The number of halogens is 1. The summed E-state index contributed by atoms with van der Waals surface area (Å²) in [6.45, 7) is 8.76. The first-order valence-corrected chi connectivity index (χ1v) is 9.59. The number of benzene rings is 1. The number of hydrogen-bond acceptors (Lipinski definition) is 2. The topological polar surface area (TPSA) is 23.6 Å². The lowest BCUT2D eigenvalue weighted by Gasteiger charge is -2.55. The van der Waals surface area contributed by atoms with Gasteiger partial charge in [-0.1, -0.05) is 24.1 Å². The van der Waals surface area contributed by atoms with Crippen LogP contribution in [0.2, 0.25) is 5.02 Å². The molecule has 24 heavy (non-hydrogen) atoms. The molecule has 3 aliphatic rings. The van der Waals surface area contributed by atoms with Crippen LogP contribution in [-0.2, 0) is 10.2 Å². The van der Waals surface area contributed by atoms with Gasteiger partial charge in [-0.25, -0.2) is 0 Å². The van der Waals surface area contributed by atoms with Crippen molar-refractivity contribution in [2.75, 3.05) is 18.0 Å². The van der Waals surface area contributed by atoms with Crippen LogP contribution in [0.3, 0.4) is 0 Å². The van der Waals surface area contributed by atoms with Crippen LogP contribution in [-0.4, -0.2) is 35.5 Å². The first-order chi connectivity index (χ1) is 11.3. The Balaban J connectivity index is 1.61. The Morgan fingerprint density at radius 1 is 1.08 bits per heavy atom. The first-order valence-electron chi connectivity index (χ1n) is 9.22. The van der Waals surface area contributed by atoms with Gasteiger partial charge in [-0.3, -0.25) is 4.79 Å². The fourth-order valence-electron chi connectivity index (χ4n) is 4.94. The summed E-state index contributed by atoms with van der Waals surface area (Å²) in [4.78, 5) is 17.9. The maximum Gasteiger partial charge on any atom is 0.237 e. The molecule has 2 heterocycles. The molecule has 0 bridgehead atoms. The Morgan fingerprint density at radius 3 is 2.42 bits per heavy atom. The number of amides is 1. The van der Waals surface area contributed by atoms with Gasteiger partial charge < -0.3 is 9.80 Å². The molecule has 1 aromatic carbocycles. The number of rotatable bonds is 2. The zero-order chi connectivity index (χ0) is 17.1. The Bertz CT molecular complexity index is 672. The molecule has 0 spiro atoms. The maximum absolute atomic E-state index is 13.2. The molecule has 1 saturated carbocycles. The molecule has 3 nitrogen and oxygen atoms in total. The number of nitrogens with zero attached hydrogens (tertiary/aromatic N) is 2. The van der Waals surface area contributed by atoms with Gasteiger partial charge in [-0.2, -0.15) is 0 Å². The molecule has 0 atom stereocenters. The molecule has 0 unspecified atom stereocenters. The molecule has 130 valence electrons. The van der Waals surface area contributed by atoms with E-state index in [1.807, 2.05) is 32.0 Å². The van der Waals surface area contributed by atoms with Crippen molar-refractivity contribution in [3.05, 3.63) is 28.8 Å². The molecule has 1 saturated heterocycles. The van der Waals surface area contributed by atoms with Crippen molar-refractivity contribution in [2.45, 2.75) is 69.9 Å². The smallest absolute Gasteiger partial charge is 0.237 e. The summed E-state index contributed by atoms with van der Waals surface area (Å²) in [6.07, 6.45) is 6.15. The maximum atomic E-state index is 13.2. The van der Waals surface area contributed by atoms with Gasteiger partial charge in [0.2, 0.25) is 5.91 Å². The van der Waals surface area contributed by atoms with Gasteiger partial charge >= 0.3 is 0 Å². The average molecular weight is 347 g/mol. The number of carbonyl (C=O) groups is 1. The fraction of sp³-hybridized carbons (Fsp3) is 0.650. The van der Waals surface area contributed by atoms with Crippen molar-refractivity contribution in [3.63, 3.8) is 0 Å². The van der Waals surface area contributed by atoms with Gasteiger partial charge in [0.25, 0.3) is 0 Å². The highest BCUT2D eigenvalue weighted by molar-refractivity contribution is 6.31. The quantitative estimate of drug-likeness (QED) is 0.793. The second-order valence-electron chi connectivity index (χ2n) is 8.58. The standard InChI is InChI=1S/C20H27ClN2O/c1-19(2)16-8-7-14(21)11-17(16)23(18(19)24)20(3)12-15(13-20)22-9-5-4-6-10-22/h7-8,11,15H,4-6,9-10,12-13H2,1-3H3/t15-,20+. The highest BCUT2D eigenvalue weighted by Gasteiger charge is 2.55. The number of hydrogen-bond donors (Lipinski definition) is 0. The molecule has 1 aromatic rings. The van der Waals surface area contributed by atoms with Crippen molar-refractivity contribution >= 4 is 23.2 Å². The summed E-state index contributed by atoms with van der Waals surface area (Å²) in [5, 5.41) is 0.708. The predicted molar refractivity (Wildman–Crippen MR) is 98.8 cm³/mol. The summed E-state index contributed by atoms with van der Waals surface area (Å²) >= 11 is 6.25. The summed E-state index contributed by atoms with van der Waals surface area (Å²) in [6, 6.07) is 6.54. The first kappa shape index (κ1) is 16.4. The Morgan fingerprint density at radius 2 is 1.75 bits per heavy atom. The van der Waals surface area contributed by atoms with E-state index in [0.29, 0.717) is 11.1 Å². The van der Waals surface area contributed by atoms with Gasteiger partial charge in [0.1, 0.15) is 0 Å². The third-order valence-electron chi connectivity index (χ3n) is 6.41. The molecule has 4 heteroatoms. The van der Waals surface area contributed by atoms with Crippen LogP contribution >= 0.6 is 11.6 Å². The minimum atomic E-state index is -0.459. The van der Waals surface area contributed by atoms with E-state index >= 15 is 0 Å². The van der Waals surface area contributed by atoms with Crippen molar-refractivity contribution in [3.8, 4) is 0 Å². The van der Waals surface area contributed by atoms with Gasteiger partial charge in [0.15, 0.2) is 0 Å². The summed E-state index contributed by atoms with van der Waals surface area (Å²) < 4.78 is 0. The molecule has 2 aliphatic heterocycles. The van der Waals surface area contributed by atoms with E-state index < -0.39 is 5.41 Å². The van der Waals surface area contributed by atoms with E-state index in [1.54, 1.807) is 0 Å². The third kappa shape index (κ3) is 2.32. The van der Waals surface area contributed by atoms with E-state index in [9.17, 15) is 4.79 Å². The van der Waals surface area contributed by atoms with Crippen LogP contribution in [0.5, 0.6) is 0 Å². The van der Waals surface area contributed by atoms with E-state index in [-0.39, 0.29) is 11.4 Å². The molecule has 4 rings (SSSR count). The normalized spacial score (nSPS) is 32.6. The summed E-state index contributed by atoms with van der Waals surface area (Å²) in [7, 11) is 0. The molecule has 0 radical (unpaired) electrons. The zero-order valence-electron chi connectivity index (χ0n) is 14.9. The number of fused-ring (bicyclic) bond motifs is 1. The van der Waals surface area contributed by atoms with Gasteiger partial charge in [-0.05, 0) is 77.2 Å². The number of likely N-dealkylation sites (tertiary alicyclic amines) is 1. The van der Waals surface area contributed by atoms with E-state index in [2.05, 4.69) is 16.7 Å². The van der Waals surface area contributed by atoms with Crippen LogP contribution in [0.1, 0.15) is 58.4 Å². The lowest BCUT2D eigenvalue weighted by Crippen LogP contribution is -2.64. The van der Waals surface area contributed by atoms with E-state index in [1.165, 1.54) is 32.4 Å². The second-order valence-corrected chi connectivity index (χ2v) is 9.02. The molecular formula is C20H27ClN2O. The van der Waals surface area contributed by atoms with Crippen LogP contribution < -0.4 is 4.90 Å². The highest BCUT2D eigenvalue weighted by atomic mass is 35.5. The molecule has 1 aliphatic carbocycles. The Hall–Kier alpha value is -1.06. The molecular weight excluding hydrogens is 320 g/mol.